The Bertz CT molecular complexity index is 800. The Balaban J connectivity index is 1.58. The largest absolute Gasteiger partial charge is 0.496 e. The lowest BCUT2D eigenvalue weighted by molar-refractivity contribution is -0.132. The second-order valence-corrected chi connectivity index (χ2v) is 6.74. The normalized spacial score (nSPS) is 14.8. The molecule has 27 heavy (non-hydrogen) atoms. The van der Waals surface area contributed by atoms with Gasteiger partial charge in [-0.1, -0.05) is 6.07 Å². The van der Waals surface area contributed by atoms with E-state index in [0.717, 1.165) is 30.9 Å². The number of aromatic nitrogens is 1. The zero-order valence-electron chi connectivity index (χ0n) is 15.9. The number of methoxy groups -OCH3 is 1. The number of ketones is 1. The van der Waals surface area contributed by atoms with Crippen molar-refractivity contribution in [2.75, 3.05) is 33.3 Å². The summed E-state index contributed by atoms with van der Waals surface area (Å²) in [5, 5.41) is 0. The molecule has 1 aliphatic rings. The average molecular weight is 367 g/mol. The van der Waals surface area contributed by atoms with Crippen molar-refractivity contribution in [3.63, 3.8) is 0 Å². The number of carbonyl (C=O) groups excluding carboxylic acids is 2. The summed E-state index contributed by atoms with van der Waals surface area (Å²) in [6, 6.07) is 11.2. The monoisotopic (exact) mass is 367 g/mol. The molecule has 0 radical (unpaired) electrons. The van der Waals surface area contributed by atoms with Gasteiger partial charge in [-0.25, -0.2) is 0 Å². The van der Waals surface area contributed by atoms with E-state index in [-0.39, 0.29) is 18.1 Å². The van der Waals surface area contributed by atoms with Gasteiger partial charge in [0.1, 0.15) is 5.75 Å². The number of Topliss-reactive ketones (excluding diaryl/α,β-unsaturated/α-hetero) is 1. The minimum Gasteiger partial charge on any atom is -0.496 e. The third-order valence-corrected chi connectivity index (χ3v) is 4.87. The SMILES string of the molecule is COc1ccc(C(C)=O)cc1CC(=O)N1CCN(Cc2ccccn2)CC1. The predicted octanol–water partition coefficient (Wildman–Crippen LogP) is 2.18. The highest BCUT2D eigenvalue weighted by Gasteiger charge is 2.22. The molecule has 0 saturated carbocycles. The van der Waals surface area contributed by atoms with Gasteiger partial charge in [-0.3, -0.25) is 19.5 Å². The van der Waals surface area contributed by atoms with Crippen LogP contribution < -0.4 is 4.74 Å². The second-order valence-electron chi connectivity index (χ2n) is 6.74. The molecule has 142 valence electrons. The van der Waals surface area contributed by atoms with Gasteiger partial charge in [-0.05, 0) is 37.3 Å². The zero-order chi connectivity index (χ0) is 19.2. The molecule has 6 nitrogen and oxygen atoms in total. The first-order valence-corrected chi connectivity index (χ1v) is 9.14. The minimum atomic E-state index is -0.0190. The molecule has 0 unspecified atom stereocenters. The molecule has 0 atom stereocenters. The van der Waals surface area contributed by atoms with Crippen LogP contribution in [-0.4, -0.2) is 59.8 Å². The van der Waals surface area contributed by atoms with Crippen LogP contribution in [0.25, 0.3) is 0 Å². The Morgan fingerprint density at radius 1 is 1.11 bits per heavy atom. The quantitative estimate of drug-likeness (QED) is 0.733. The number of amides is 1. The fourth-order valence-corrected chi connectivity index (χ4v) is 3.29. The molecule has 2 aromatic rings. The van der Waals surface area contributed by atoms with Crippen molar-refractivity contribution in [2.24, 2.45) is 0 Å². The summed E-state index contributed by atoms with van der Waals surface area (Å²) in [4.78, 5) is 32.9. The third kappa shape index (κ3) is 4.92. The van der Waals surface area contributed by atoms with Gasteiger partial charge in [-0.2, -0.15) is 0 Å². The van der Waals surface area contributed by atoms with Crippen molar-refractivity contribution < 1.29 is 14.3 Å². The number of ether oxygens (including phenoxy) is 1. The van der Waals surface area contributed by atoms with Gasteiger partial charge in [0.2, 0.25) is 5.91 Å². The summed E-state index contributed by atoms with van der Waals surface area (Å²) in [5.41, 5.74) is 2.40. The van der Waals surface area contributed by atoms with Crippen molar-refractivity contribution in [3.8, 4) is 5.75 Å². The van der Waals surface area contributed by atoms with Crippen molar-refractivity contribution in [1.29, 1.82) is 0 Å². The standard InChI is InChI=1S/C21H25N3O3/c1-16(25)17-6-7-20(27-2)18(13-17)14-21(26)24-11-9-23(10-12-24)15-19-5-3-4-8-22-19/h3-8,13H,9-12,14-15H2,1-2H3. The van der Waals surface area contributed by atoms with E-state index in [4.69, 9.17) is 4.74 Å². The highest BCUT2D eigenvalue weighted by Crippen LogP contribution is 2.22. The topological polar surface area (TPSA) is 62.7 Å². The Morgan fingerprint density at radius 3 is 2.52 bits per heavy atom. The van der Waals surface area contributed by atoms with E-state index >= 15 is 0 Å². The molecular formula is C21H25N3O3. The number of pyridine rings is 1. The number of rotatable bonds is 6. The lowest BCUT2D eigenvalue weighted by Crippen LogP contribution is -2.48. The number of hydrogen-bond donors (Lipinski definition) is 0. The average Bonchev–Trinajstić information content (AvgIpc) is 2.69. The molecule has 1 fully saturated rings. The lowest BCUT2D eigenvalue weighted by Gasteiger charge is -2.34. The maximum atomic E-state index is 12.7. The molecule has 0 bridgehead atoms. The molecule has 1 aliphatic heterocycles. The molecule has 1 aromatic carbocycles. The summed E-state index contributed by atoms with van der Waals surface area (Å²) < 4.78 is 5.35. The fraction of sp³-hybridized carbons (Fsp3) is 0.381. The number of carbonyl (C=O) groups is 2. The maximum absolute atomic E-state index is 12.7. The number of nitrogens with zero attached hydrogens (tertiary/aromatic N) is 3. The van der Waals surface area contributed by atoms with Crippen LogP contribution in [0, 0.1) is 0 Å². The van der Waals surface area contributed by atoms with Crippen LogP contribution in [0.4, 0.5) is 0 Å². The van der Waals surface area contributed by atoms with Crippen LogP contribution in [0.5, 0.6) is 5.75 Å². The van der Waals surface area contributed by atoms with E-state index in [2.05, 4.69) is 9.88 Å². The molecule has 1 aromatic heterocycles. The van der Waals surface area contributed by atoms with Crippen molar-refractivity contribution in [2.45, 2.75) is 19.9 Å². The van der Waals surface area contributed by atoms with Gasteiger partial charge in [-0.15, -0.1) is 0 Å². The Hall–Kier alpha value is -2.73. The van der Waals surface area contributed by atoms with Crippen molar-refractivity contribution in [3.05, 3.63) is 59.4 Å². The maximum Gasteiger partial charge on any atom is 0.227 e. The van der Waals surface area contributed by atoms with Crippen LogP contribution in [0.3, 0.4) is 0 Å². The Kier molecular flexibility index (Phi) is 6.19. The molecule has 0 N–H and O–H groups in total. The molecular weight excluding hydrogens is 342 g/mol. The highest BCUT2D eigenvalue weighted by atomic mass is 16.5. The predicted molar refractivity (Wildman–Crippen MR) is 103 cm³/mol. The summed E-state index contributed by atoms with van der Waals surface area (Å²) in [7, 11) is 1.58. The first-order chi connectivity index (χ1) is 13.1. The first kappa shape index (κ1) is 19.0. The van der Waals surface area contributed by atoms with Gasteiger partial charge in [0.05, 0.1) is 19.2 Å². The van der Waals surface area contributed by atoms with E-state index in [1.807, 2.05) is 23.1 Å². The van der Waals surface area contributed by atoms with Crippen LogP contribution in [0.1, 0.15) is 28.5 Å². The summed E-state index contributed by atoms with van der Waals surface area (Å²) in [6.07, 6.45) is 2.04. The smallest absolute Gasteiger partial charge is 0.227 e. The van der Waals surface area contributed by atoms with E-state index in [1.54, 1.807) is 31.5 Å². The Morgan fingerprint density at radius 2 is 1.89 bits per heavy atom. The molecule has 1 amide bonds. The lowest BCUT2D eigenvalue weighted by atomic mass is 10.0. The van der Waals surface area contributed by atoms with Gasteiger partial charge in [0.25, 0.3) is 0 Å². The van der Waals surface area contributed by atoms with Crippen LogP contribution in [0.15, 0.2) is 42.6 Å². The van der Waals surface area contributed by atoms with Crippen molar-refractivity contribution in [1.82, 2.24) is 14.8 Å². The van der Waals surface area contributed by atoms with Gasteiger partial charge >= 0.3 is 0 Å². The van der Waals surface area contributed by atoms with E-state index in [9.17, 15) is 9.59 Å². The van der Waals surface area contributed by atoms with Gasteiger partial charge in [0.15, 0.2) is 5.78 Å². The van der Waals surface area contributed by atoms with Crippen molar-refractivity contribution >= 4 is 11.7 Å². The summed E-state index contributed by atoms with van der Waals surface area (Å²) in [5.74, 6) is 0.683. The molecule has 3 rings (SSSR count). The number of hydrogen-bond acceptors (Lipinski definition) is 5. The second kappa shape index (κ2) is 8.77. The van der Waals surface area contributed by atoms with E-state index < -0.39 is 0 Å². The number of piperazine rings is 1. The highest BCUT2D eigenvalue weighted by molar-refractivity contribution is 5.94. The fourth-order valence-electron chi connectivity index (χ4n) is 3.29. The van der Waals surface area contributed by atoms with Gasteiger partial charge in [0, 0.05) is 50.0 Å². The summed E-state index contributed by atoms with van der Waals surface area (Å²) in [6.45, 7) is 5.37. The van der Waals surface area contributed by atoms with E-state index in [0.29, 0.717) is 24.4 Å². The molecule has 6 heteroatoms. The van der Waals surface area contributed by atoms with Crippen LogP contribution >= 0.6 is 0 Å². The third-order valence-electron chi connectivity index (χ3n) is 4.87. The first-order valence-electron chi connectivity index (χ1n) is 9.14. The van der Waals surface area contributed by atoms with E-state index in [1.165, 1.54) is 6.92 Å². The van der Waals surface area contributed by atoms with Gasteiger partial charge < -0.3 is 9.64 Å². The number of benzene rings is 1. The summed E-state index contributed by atoms with van der Waals surface area (Å²) >= 11 is 0. The minimum absolute atomic E-state index is 0.0190. The molecule has 0 spiro atoms. The Labute approximate surface area is 159 Å². The molecule has 1 saturated heterocycles. The van der Waals surface area contributed by atoms with Crippen LogP contribution in [-0.2, 0) is 17.8 Å². The van der Waals surface area contributed by atoms with Crippen LogP contribution in [0.2, 0.25) is 0 Å². The molecule has 2 heterocycles. The zero-order valence-corrected chi connectivity index (χ0v) is 15.9. The molecule has 0 aliphatic carbocycles.